The summed E-state index contributed by atoms with van der Waals surface area (Å²) in [6.45, 7) is 4.16. The fourth-order valence-electron chi connectivity index (χ4n) is 1.69. The van der Waals surface area contributed by atoms with Crippen LogP contribution in [0, 0.1) is 3.57 Å². The fraction of sp³-hybridized carbons (Fsp3) is 0.286. The number of aromatic amines is 1. The van der Waals surface area contributed by atoms with Crippen molar-refractivity contribution in [1.82, 2.24) is 9.97 Å². The second-order valence-electron chi connectivity index (χ2n) is 4.29. The first-order chi connectivity index (χ1) is 8.63. The minimum absolute atomic E-state index is 0.0558. The number of benzene rings is 1. The molecule has 4 heteroatoms. The zero-order valence-corrected chi connectivity index (χ0v) is 12.6. The smallest absolute Gasteiger partial charge is 0.264 e. The topological polar surface area (TPSA) is 45.8 Å². The molecule has 94 valence electrons. The maximum Gasteiger partial charge on any atom is 0.264 e. The second-order valence-corrected chi connectivity index (χ2v) is 5.37. The van der Waals surface area contributed by atoms with Gasteiger partial charge < -0.3 is 4.98 Å². The van der Waals surface area contributed by atoms with Crippen molar-refractivity contribution >= 4 is 22.6 Å². The van der Waals surface area contributed by atoms with Gasteiger partial charge in [-0.15, -0.1) is 0 Å². The number of rotatable bonds is 3. The summed E-state index contributed by atoms with van der Waals surface area (Å²) in [4.78, 5) is 19.4. The lowest BCUT2D eigenvalue weighted by Gasteiger charge is -2.11. The highest BCUT2D eigenvalue weighted by atomic mass is 127. The van der Waals surface area contributed by atoms with Crippen LogP contribution in [0.1, 0.15) is 32.0 Å². The highest BCUT2D eigenvalue weighted by Gasteiger charge is 2.13. The standard InChI is InChI=1S/C14H15IN2O/c1-3-9(2)13-16-12(11(15)14(18)17-13)10-7-5-4-6-8-10/h4-9H,3H2,1-2H3,(H,16,17,18). The Bertz CT molecular complexity index is 592. The molecular formula is C14H15IN2O. The third-order valence-corrected chi connectivity index (χ3v) is 4.01. The van der Waals surface area contributed by atoms with Crippen LogP contribution in [0.4, 0.5) is 0 Å². The van der Waals surface area contributed by atoms with Crippen LogP contribution in [-0.2, 0) is 0 Å². The van der Waals surface area contributed by atoms with Crippen LogP contribution in [0.2, 0.25) is 0 Å². The minimum Gasteiger partial charge on any atom is -0.309 e. The van der Waals surface area contributed by atoms with Gasteiger partial charge in [0.25, 0.3) is 5.56 Å². The highest BCUT2D eigenvalue weighted by Crippen LogP contribution is 2.22. The number of hydrogen-bond acceptors (Lipinski definition) is 2. The molecule has 0 spiro atoms. The van der Waals surface area contributed by atoms with E-state index in [2.05, 4.69) is 46.4 Å². The highest BCUT2D eigenvalue weighted by molar-refractivity contribution is 14.1. The number of halogens is 1. The lowest BCUT2D eigenvalue weighted by Crippen LogP contribution is -2.17. The van der Waals surface area contributed by atoms with Crippen molar-refractivity contribution in [2.45, 2.75) is 26.2 Å². The van der Waals surface area contributed by atoms with Gasteiger partial charge in [0.1, 0.15) is 9.39 Å². The van der Waals surface area contributed by atoms with Crippen LogP contribution in [0.15, 0.2) is 35.1 Å². The van der Waals surface area contributed by atoms with Crippen LogP contribution in [0.5, 0.6) is 0 Å². The molecule has 3 nitrogen and oxygen atoms in total. The number of aromatic nitrogens is 2. The van der Waals surface area contributed by atoms with E-state index in [1.54, 1.807) is 0 Å². The molecule has 2 rings (SSSR count). The van der Waals surface area contributed by atoms with E-state index in [9.17, 15) is 4.79 Å². The van der Waals surface area contributed by atoms with Gasteiger partial charge in [0, 0.05) is 11.5 Å². The van der Waals surface area contributed by atoms with Gasteiger partial charge in [0.05, 0.1) is 5.69 Å². The Hall–Kier alpha value is -1.17. The van der Waals surface area contributed by atoms with Crippen molar-refractivity contribution in [3.8, 4) is 11.3 Å². The van der Waals surface area contributed by atoms with Gasteiger partial charge >= 0.3 is 0 Å². The van der Waals surface area contributed by atoms with Crippen molar-refractivity contribution in [2.75, 3.05) is 0 Å². The maximum absolute atomic E-state index is 12.0. The molecule has 0 aliphatic heterocycles. The minimum atomic E-state index is -0.0558. The quantitative estimate of drug-likeness (QED) is 0.857. The summed E-state index contributed by atoms with van der Waals surface area (Å²) in [5.74, 6) is 1.03. The Morgan fingerprint density at radius 3 is 2.61 bits per heavy atom. The van der Waals surface area contributed by atoms with E-state index in [0.29, 0.717) is 3.57 Å². The third kappa shape index (κ3) is 2.63. The summed E-state index contributed by atoms with van der Waals surface area (Å²) in [7, 11) is 0. The molecule has 0 radical (unpaired) electrons. The van der Waals surface area contributed by atoms with Crippen molar-refractivity contribution in [3.05, 3.63) is 50.1 Å². The lowest BCUT2D eigenvalue weighted by atomic mass is 10.1. The van der Waals surface area contributed by atoms with Gasteiger partial charge in [-0.1, -0.05) is 44.2 Å². The first-order valence-corrected chi connectivity index (χ1v) is 7.06. The monoisotopic (exact) mass is 354 g/mol. The molecule has 0 saturated carbocycles. The molecule has 1 atom stereocenters. The van der Waals surface area contributed by atoms with Gasteiger partial charge in [-0.05, 0) is 29.0 Å². The average molecular weight is 354 g/mol. The molecule has 0 saturated heterocycles. The van der Waals surface area contributed by atoms with Crippen molar-refractivity contribution in [2.24, 2.45) is 0 Å². The summed E-state index contributed by atoms with van der Waals surface area (Å²) in [6.07, 6.45) is 0.956. The number of nitrogens with zero attached hydrogens (tertiary/aromatic N) is 1. The average Bonchev–Trinajstić information content (AvgIpc) is 2.41. The molecule has 0 amide bonds. The summed E-state index contributed by atoms with van der Waals surface area (Å²) < 4.78 is 0.644. The maximum atomic E-state index is 12.0. The Morgan fingerprint density at radius 2 is 2.00 bits per heavy atom. The van der Waals surface area contributed by atoms with E-state index in [1.165, 1.54) is 0 Å². The molecule has 0 fully saturated rings. The molecule has 1 unspecified atom stereocenters. The zero-order chi connectivity index (χ0) is 13.1. The van der Waals surface area contributed by atoms with Crippen LogP contribution in [0.3, 0.4) is 0 Å². The Kier molecular flexibility index (Phi) is 4.16. The number of hydrogen-bond donors (Lipinski definition) is 1. The summed E-state index contributed by atoms with van der Waals surface area (Å²) >= 11 is 2.05. The van der Waals surface area contributed by atoms with Crippen molar-refractivity contribution in [3.63, 3.8) is 0 Å². The van der Waals surface area contributed by atoms with E-state index < -0.39 is 0 Å². The molecule has 2 aromatic rings. The molecule has 0 bridgehead atoms. The normalized spacial score (nSPS) is 12.4. The summed E-state index contributed by atoms with van der Waals surface area (Å²) in [5, 5.41) is 0. The Balaban J connectivity index is 2.60. The van der Waals surface area contributed by atoms with Crippen LogP contribution in [0.25, 0.3) is 11.3 Å². The van der Waals surface area contributed by atoms with Gasteiger partial charge in [0.2, 0.25) is 0 Å². The molecule has 1 heterocycles. The van der Waals surface area contributed by atoms with E-state index in [4.69, 9.17) is 0 Å². The van der Waals surface area contributed by atoms with E-state index >= 15 is 0 Å². The van der Waals surface area contributed by atoms with Crippen LogP contribution >= 0.6 is 22.6 Å². The molecule has 0 aliphatic carbocycles. The Morgan fingerprint density at radius 1 is 1.33 bits per heavy atom. The predicted molar refractivity (Wildman–Crippen MR) is 81.7 cm³/mol. The second kappa shape index (κ2) is 5.65. The number of H-pyrrole nitrogens is 1. The van der Waals surface area contributed by atoms with Gasteiger partial charge in [-0.25, -0.2) is 4.98 Å². The van der Waals surface area contributed by atoms with Crippen LogP contribution < -0.4 is 5.56 Å². The van der Waals surface area contributed by atoms with Gasteiger partial charge in [-0.3, -0.25) is 4.79 Å². The van der Waals surface area contributed by atoms with Crippen molar-refractivity contribution in [1.29, 1.82) is 0 Å². The van der Waals surface area contributed by atoms with Gasteiger partial charge in [0.15, 0.2) is 0 Å². The molecule has 1 N–H and O–H groups in total. The molecule has 1 aromatic carbocycles. The SMILES string of the molecule is CCC(C)c1nc(-c2ccccc2)c(I)c(=O)[nH]1. The predicted octanol–water partition coefficient (Wildman–Crippen LogP) is 3.56. The van der Waals surface area contributed by atoms with E-state index in [-0.39, 0.29) is 11.5 Å². The summed E-state index contributed by atoms with van der Waals surface area (Å²) in [5.41, 5.74) is 1.70. The lowest BCUT2D eigenvalue weighted by molar-refractivity contribution is 0.674. The van der Waals surface area contributed by atoms with Crippen LogP contribution in [-0.4, -0.2) is 9.97 Å². The van der Waals surface area contributed by atoms with E-state index in [1.807, 2.05) is 30.3 Å². The molecular weight excluding hydrogens is 339 g/mol. The Labute approximate surface area is 120 Å². The third-order valence-electron chi connectivity index (χ3n) is 3.01. The zero-order valence-electron chi connectivity index (χ0n) is 10.4. The summed E-state index contributed by atoms with van der Waals surface area (Å²) in [6, 6.07) is 9.82. The first kappa shape index (κ1) is 13.3. The first-order valence-electron chi connectivity index (χ1n) is 5.98. The van der Waals surface area contributed by atoms with Crippen molar-refractivity contribution < 1.29 is 0 Å². The van der Waals surface area contributed by atoms with E-state index in [0.717, 1.165) is 23.5 Å². The fourth-order valence-corrected chi connectivity index (χ4v) is 2.26. The molecule has 0 aliphatic rings. The molecule has 1 aromatic heterocycles. The number of nitrogens with one attached hydrogen (secondary N) is 1. The largest absolute Gasteiger partial charge is 0.309 e. The van der Waals surface area contributed by atoms with Gasteiger partial charge in [-0.2, -0.15) is 0 Å². The molecule has 18 heavy (non-hydrogen) atoms.